The van der Waals surface area contributed by atoms with Gasteiger partial charge in [0.1, 0.15) is 6.10 Å². The number of hydrogen-bond donors (Lipinski definition) is 1. The minimum absolute atomic E-state index is 0.206. The standard InChI is InChI=1S/C16H21BrN2O/c1-9(2)19-15(14(17)8-18-19)16(20)13-7-11(4)10(3)6-12(13)5/h6-9,16,20H,1-5H3. The van der Waals surface area contributed by atoms with Gasteiger partial charge in [-0.2, -0.15) is 5.10 Å². The molecule has 3 nitrogen and oxygen atoms in total. The minimum atomic E-state index is -0.673. The zero-order chi connectivity index (χ0) is 15.0. The largest absolute Gasteiger partial charge is 0.382 e. The number of benzene rings is 1. The van der Waals surface area contributed by atoms with Crippen LogP contribution in [0.15, 0.2) is 22.8 Å². The van der Waals surface area contributed by atoms with Crippen molar-refractivity contribution in [2.75, 3.05) is 0 Å². The molecule has 0 fully saturated rings. The first kappa shape index (κ1) is 15.3. The Balaban J connectivity index is 2.54. The fraction of sp³-hybridized carbons (Fsp3) is 0.438. The van der Waals surface area contributed by atoms with Crippen molar-refractivity contribution in [3.63, 3.8) is 0 Å². The van der Waals surface area contributed by atoms with Gasteiger partial charge < -0.3 is 5.11 Å². The molecule has 0 aliphatic rings. The van der Waals surface area contributed by atoms with E-state index in [2.05, 4.69) is 60.9 Å². The van der Waals surface area contributed by atoms with Gasteiger partial charge in [0.25, 0.3) is 0 Å². The molecule has 2 rings (SSSR count). The van der Waals surface area contributed by atoms with Crippen molar-refractivity contribution < 1.29 is 5.11 Å². The third-order valence-electron chi connectivity index (χ3n) is 3.71. The zero-order valence-electron chi connectivity index (χ0n) is 12.6. The number of aliphatic hydroxyl groups is 1. The lowest BCUT2D eigenvalue weighted by atomic mass is 9.95. The molecule has 1 N–H and O–H groups in total. The van der Waals surface area contributed by atoms with E-state index in [4.69, 9.17) is 0 Å². The summed E-state index contributed by atoms with van der Waals surface area (Å²) in [5.74, 6) is 0. The maximum absolute atomic E-state index is 10.8. The van der Waals surface area contributed by atoms with E-state index < -0.39 is 6.10 Å². The molecule has 20 heavy (non-hydrogen) atoms. The van der Waals surface area contributed by atoms with E-state index in [-0.39, 0.29) is 6.04 Å². The second kappa shape index (κ2) is 5.70. The molecule has 0 aliphatic heterocycles. The molecule has 1 unspecified atom stereocenters. The molecule has 0 bridgehead atoms. The number of hydrogen-bond acceptors (Lipinski definition) is 2. The van der Waals surface area contributed by atoms with Crippen molar-refractivity contribution in [1.29, 1.82) is 0 Å². The Bertz CT molecular complexity index is 632. The first-order chi connectivity index (χ1) is 9.32. The van der Waals surface area contributed by atoms with Crippen LogP contribution in [0.2, 0.25) is 0 Å². The van der Waals surface area contributed by atoms with Crippen LogP contribution >= 0.6 is 15.9 Å². The van der Waals surface area contributed by atoms with Crippen LogP contribution in [0.1, 0.15) is 53.9 Å². The lowest BCUT2D eigenvalue weighted by molar-refractivity contribution is 0.203. The Kier molecular flexibility index (Phi) is 4.35. The number of halogens is 1. The molecule has 1 atom stereocenters. The summed E-state index contributed by atoms with van der Waals surface area (Å²) in [7, 11) is 0. The van der Waals surface area contributed by atoms with Crippen molar-refractivity contribution in [3.8, 4) is 0 Å². The topological polar surface area (TPSA) is 38.1 Å². The zero-order valence-corrected chi connectivity index (χ0v) is 14.2. The Labute approximate surface area is 128 Å². The molecule has 0 amide bonds. The van der Waals surface area contributed by atoms with Gasteiger partial charge in [0.15, 0.2) is 0 Å². The summed E-state index contributed by atoms with van der Waals surface area (Å²) < 4.78 is 2.71. The van der Waals surface area contributed by atoms with Crippen LogP contribution in [-0.4, -0.2) is 14.9 Å². The third kappa shape index (κ3) is 2.67. The molecule has 0 saturated carbocycles. The first-order valence-electron chi connectivity index (χ1n) is 6.81. The minimum Gasteiger partial charge on any atom is -0.382 e. The number of nitrogens with zero attached hydrogens (tertiary/aromatic N) is 2. The Morgan fingerprint density at radius 2 is 1.70 bits per heavy atom. The van der Waals surface area contributed by atoms with Gasteiger partial charge in [-0.1, -0.05) is 12.1 Å². The van der Waals surface area contributed by atoms with Crippen LogP contribution in [0.25, 0.3) is 0 Å². The molecule has 0 radical (unpaired) electrons. The SMILES string of the molecule is Cc1cc(C)c(C(O)c2c(Br)cnn2C(C)C)cc1C. The van der Waals surface area contributed by atoms with Crippen LogP contribution in [0.5, 0.6) is 0 Å². The highest BCUT2D eigenvalue weighted by atomic mass is 79.9. The predicted molar refractivity (Wildman–Crippen MR) is 85.0 cm³/mol. The van der Waals surface area contributed by atoms with Gasteiger partial charge in [-0.25, -0.2) is 0 Å². The molecular weight excluding hydrogens is 316 g/mol. The van der Waals surface area contributed by atoms with Crippen molar-refractivity contribution >= 4 is 15.9 Å². The van der Waals surface area contributed by atoms with Gasteiger partial charge in [0.05, 0.1) is 16.4 Å². The average Bonchev–Trinajstić information content (AvgIpc) is 2.75. The normalized spacial score (nSPS) is 13.0. The van der Waals surface area contributed by atoms with E-state index in [0.717, 1.165) is 21.3 Å². The highest BCUT2D eigenvalue weighted by Crippen LogP contribution is 2.32. The lowest BCUT2D eigenvalue weighted by Crippen LogP contribution is -2.13. The number of aryl methyl sites for hydroxylation is 3. The van der Waals surface area contributed by atoms with E-state index >= 15 is 0 Å². The molecule has 0 spiro atoms. The quantitative estimate of drug-likeness (QED) is 0.910. The van der Waals surface area contributed by atoms with Crippen LogP contribution in [0, 0.1) is 20.8 Å². The summed E-state index contributed by atoms with van der Waals surface area (Å²) in [4.78, 5) is 0. The smallest absolute Gasteiger partial charge is 0.122 e. The van der Waals surface area contributed by atoms with Gasteiger partial charge in [0, 0.05) is 6.04 Å². The van der Waals surface area contributed by atoms with E-state index in [9.17, 15) is 5.11 Å². The monoisotopic (exact) mass is 336 g/mol. The molecular formula is C16H21BrN2O. The van der Waals surface area contributed by atoms with Crippen molar-refractivity contribution in [2.24, 2.45) is 0 Å². The summed E-state index contributed by atoms with van der Waals surface area (Å²) in [5.41, 5.74) is 5.29. The second-order valence-corrected chi connectivity index (χ2v) is 6.47. The molecule has 1 aromatic carbocycles. The third-order valence-corrected chi connectivity index (χ3v) is 4.32. The molecule has 4 heteroatoms. The van der Waals surface area contributed by atoms with Crippen LogP contribution in [0.3, 0.4) is 0 Å². The summed E-state index contributed by atoms with van der Waals surface area (Å²) >= 11 is 3.50. The number of aromatic nitrogens is 2. The molecule has 1 heterocycles. The Hall–Kier alpha value is -1.13. The van der Waals surface area contributed by atoms with E-state index in [1.165, 1.54) is 11.1 Å². The molecule has 2 aromatic rings. The lowest BCUT2D eigenvalue weighted by Gasteiger charge is -2.19. The number of rotatable bonds is 3. The fourth-order valence-electron chi connectivity index (χ4n) is 2.44. The van der Waals surface area contributed by atoms with Gasteiger partial charge >= 0.3 is 0 Å². The maximum atomic E-state index is 10.8. The molecule has 0 aliphatic carbocycles. The van der Waals surface area contributed by atoms with Crippen LogP contribution in [0.4, 0.5) is 0 Å². The summed E-state index contributed by atoms with van der Waals surface area (Å²) in [6.45, 7) is 10.3. The first-order valence-corrected chi connectivity index (χ1v) is 7.61. The van der Waals surface area contributed by atoms with Crippen molar-refractivity contribution in [3.05, 3.63) is 50.8 Å². The maximum Gasteiger partial charge on any atom is 0.122 e. The van der Waals surface area contributed by atoms with Crippen molar-refractivity contribution in [2.45, 2.75) is 46.8 Å². The van der Waals surface area contributed by atoms with E-state index in [1.807, 2.05) is 11.6 Å². The van der Waals surface area contributed by atoms with Crippen LogP contribution < -0.4 is 0 Å². The molecule has 1 aromatic heterocycles. The summed E-state index contributed by atoms with van der Waals surface area (Å²) in [5, 5.41) is 15.1. The highest BCUT2D eigenvalue weighted by Gasteiger charge is 2.22. The predicted octanol–water partition coefficient (Wildman–Crippen LogP) is 4.23. The molecule has 108 valence electrons. The fourth-order valence-corrected chi connectivity index (χ4v) is 2.93. The van der Waals surface area contributed by atoms with Gasteiger partial charge in [-0.05, 0) is 72.8 Å². The summed E-state index contributed by atoms with van der Waals surface area (Å²) in [6, 6.07) is 4.40. The highest BCUT2D eigenvalue weighted by molar-refractivity contribution is 9.10. The Morgan fingerprint density at radius 3 is 2.30 bits per heavy atom. The van der Waals surface area contributed by atoms with Gasteiger partial charge in [0.2, 0.25) is 0 Å². The number of aliphatic hydroxyl groups excluding tert-OH is 1. The van der Waals surface area contributed by atoms with Crippen LogP contribution in [-0.2, 0) is 0 Å². The second-order valence-electron chi connectivity index (χ2n) is 5.61. The molecule has 0 saturated heterocycles. The van der Waals surface area contributed by atoms with Gasteiger partial charge in [-0.3, -0.25) is 4.68 Å². The summed E-state index contributed by atoms with van der Waals surface area (Å²) in [6.07, 6.45) is 1.07. The average molecular weight is 337 g/mol. The van der Waals surface area contributed by atoms with Gasteiger partial charge in [-0.15, -0.1) is 0 Å². The van der Waals surface area contributed by atoms with E-state index in [1.54, 1.807) is 6.20 Å². The van der Waals surface area contributed by atoms with E-state index in [0.29, 0.717) is 0 Å². The Morgan fingerprint density at radius 1 is 1.10 bits per heavy atom. The van der Waals surface area contributed by atoms with Crippen molar-refractivity contribution in [1.82, 2.24) is 9.78 Å².